The van der Waals surface area contributed by atoms with Crippen LogP contribution in [0.25, 0.3) is 0 Å². The van der Waals surface area contributed by atoms with Crippen molar-refractivity contribution in [3.05, 3.63) is 52.5 Å². The van der Waals surface area contributed by atoms with Gasteiger partial charge in [0.1, 0.15) is 6.33 Å². The number of halogens is 2. The number of rotatable bonds is 3. The summed E-state index contributed by atoms with van der Waals surface area (Å²) in [5.41, 5.74) is 0.925. The largest absolute Gasteiger partial charge is 0.304 e. The second kappa shape index (κ2) is 6.20. The number of benzene rings is 1. The molecule has 1 heterocycles. The molecule has 104 valence electrons. The lowest BCUT2D eigenvalue weighted by Gasteiger charge is -2.26. The van der Waals surface area contributed by atoms with Crippen LogP contribution in [0, 0.1) is 0 Å². The van der Waals surface area contributed by atoms with Gasteiger partial charge in [-0.05, 0) is 38.1 Å². The number of hydrogen-bond acceptors (Lipinski definition) is 3. The average Bonchev–Trinajstić information content (AvgIpc) is 2.41. The van der Waals surface area contributed by atoms with E-state index in [4.69, 9.17) is 23.2 Å². The molecule has 0 aliphatic heterocycles. The topological polar surface area (TPSA) is 46.1 Å². The van der Waals surface area contributed by atoms with Crippen molar-refractivity contribution in [2.75, 3.05) is 4.90 Å². The molecule has 0 fully saturated rings. The molecule has 0 spiro atoms. The van der Waals surface area contributed by atoms with Crippen LogP contribution >= 0.6 is 23.2 Å². The molecule has 0 bridgehead atoms. The number of amides is 1. The van der Waals surface area contributed by atoms with E-state index in [2.05, 4.69) is 9.97 Å². The van der Waals surface area contributed by atoms with Crippen LogP contribution in [0.5, 0.6) is 0 Å². The summed E-state index contributed by atoms with van der Waals surface area (Å²) in [6.45, 7) is 3.84. The van der Waals surface area contributed by atoms with E-state index in [9.17, 15) is 4.79 Å². The van der Waals surface area contributed by atoms with Crippen molar-refractivity contribution < 1.29 is 4.79 Å². The first-order valence-corrected chi connectivity index (χ1v) is 6.81. The van der Waals surface area contributed by atoms with Crippen LogP contribution in [-0.4, -0.2) is 21.9 Å². The third kappa shape index (κ3) is 3.08. The minimum absolute atomic E-state index is 0.0466. The van der Waals surface area contributed by atoms with Gasteiger partial charge in [0.15, 0.2) is 5.69 Å². The third-order valence-corrected chi connectivity index (χ3v) is 3.24. The summed E-state index contributed by atoms with van der Waals surface area (Å²) in [4.78, 5) is 22.0. The number of nitrogens with zero attached hydrogens (tertiary/aromatic N) is 3. The number of aromatic nitrogens is 2. The summed E-state index contributed by atoms with van der Waals surface area (Å²) in [6.07, 6.45) is 2.71. The maximum atomic E-state index is 12.6. The second-order valence-electron chi connectivity index (χ2n) is 4.46. The van der Waals surface area contributed by atoms with Gasteiger partial charge >= 0.3 is 0 Å². The summed E-state index contributed by atoms with van der Waals surface area (Å²) in [5, 5.41) is 0.849. The average molecular weight is 310 g/mol. The van der Waals surface area contributed by atoms with Crippen molar-refractivity contribution in [2.45, 2.75) is 19.9 Å². The minimum atomic E-state index is -0.269. The molecular formula is C14H13Cl2N3O. The van der Waals surface area contributed by atoms with E-state index in [1.54, 1.807) is 29.2 Å². The molecule has 0 unspecified atom stereocenters. The molecule has 0 saturated carbocycles. The van der Waals surface area contributed by atoms with Crippen molar-refractivity contribution in [1.29, 1.82) is 0 Å². The Balaban J connectivity index is 2.41. The zero-order valence-corrected chi connectivity index (χ0v) is 12.6. The van der Waals surface area contributed by atoms with Crippen LogP contribution in [0.4, 0.5) is 5.69 Å². The minimum Gasteiger partial charge on any atom is -0.304 e. The van der Waals surface area contributed by atoms with Gasteiger partial charge in [0.05, 0.1) is 5.02 Å². The number of hydrogen-bond donors (Lipinski definition) is 0. The normalized spacial score (nSPS) is 10.7. The molecule has 20 heavy (non-hydrogen) atoms. The van der Waals surface area contributed by atoms with Crippen molar-refractivity contribution in [1.82, 2.24) is 9.97 Å². The predicted molar refractivity (Wildman–Crippen MR) is 80.4 cm³/mol. The Morgan fingerprint density at radius 3 is 2.40 bits per heavy atom. The fourth-order valence-corrected chi connectivity index (χ4v) is 2.15. The SMILES string of the molecule is CC(C)N(C(=O)c1ncncc1Cl)c1ccc(Cl)cc1. The van der Waals surface area contributed by atoms with Gasteiger partial charge in [-0.25, -0.2) is 9.97 Å². The zero-order valence-electron chi connectivity index (χ0n) is 11.0. The maximum Gasteiger partial charge on any atom is 0.278 e. The molecule has 0 radical (unpaired) electrons. The van der Waals surface area contributed by atoms with Gasteiger partial charge in [-0.2, -0.15) is 0 Å². The summed E-state index contributed by atoms with van der Waals surface area (Å²) in [6, 6.07) is 7.00. The van der Waals surface area contributed by atoms with E-state index in [0.717, 1.165) is 5.69 Å². The summed E-state index contributed by atoms with van der Waals surface area (Å²) in [7, 11) is 0. The molecule has 0 aliphatic rings. The zero-order chi connectivity index (χ0) is 14.7. The van der Waals surface area contributed by atoms with E-state index in [-0.39, 0.29) is 22.7 Å². The molecule has 1 amide bonds. The Morgan fingerprint density at radius 2 is 1.85 bits per heavy atom. The highest BCUT2D eigenvalue weighted by atomic mass is 35.5. The van der Waals surface area contributed by atoms with Gasteiger partial charge in [0, 0.05) is 22.9 Å². The number of carbonyl (C=O) groups is 1. The van der Waals surface area contributed by atoms with Gasteiger partial charge in [0.25, 0.3) is 5.91 Å². The third-order valence-electron chi connectivity index (χ3n) is 2.71. The molecule has 0 N–H and O–H groups in total. The monoisotopic (exact) mass is 309 g/mol. The first-order valence-electron chi connectivity index (χ1n) is 6.05. The van der Waals surface area contributed by atoms with E-state index in [1.165, 1.54) is 12.5 Å². The first kappa shape index (κ1) is 14.8. The van der Waals surface area contributed by atoms with Crippen molar-refractivity contribution in [3.8, 4) is 0 Å². The molecular weight excluding hydrogens is 297 g/mol. The van der Waals surface area contributed by atoms with Crippen LogP contribution < -0.4 is 4.90 Å². The Kier molecular flexibility index (Phi) is 4.57. The smallest absolute Gasteiger partial charge is 0.278 e. The standard InChI is InChI=1S/C14H13Cl2N3O/c1-9(2)19(11-5-3-10(15)4-6-11)14(20)13-12(16)7-17-8-18-13/h3-9H,1-2H3. The van der Waals surface area contributed by atoms with Crippen LogP contribution in [-0.2, 0) is 0 Å². The van der Waals surface area contributed by atoms with Crippen molar-refractivity contribution in [2.24, 2.45) is 0 Å². The molecule has 0 atom stereocenters. The fourth-order valence-electron chi connectivity index (χ4n) is 1.84. The highest BCUT2D eigenvalue weighted by Crippen LogP contribution is 2.23. The van der Waals surface area contributed by atoms with Crippen molar-refractivity contribution in [3.63, 3.8) is 0 Å². The van der Waals surface area contributed by atoms with E-state index in [1.807, 2.05) is 13.8 Å². The molecule has 0 saturated heterocycles. The van der Waals surface area contributed by atoms with Gasteiger partial charge < -0.3 is 4.90 Å². The van der Waals surface area contributed by atoms with Gasteiger partial charge in [-0.3, -0.25) is 4.79 Å². The number of anilines is 1. The van der Waals surface area contributed by atoms with Crippen LogP contribution in [0.1, 0.15) is 24.3 Å². The Hall–Kier alpha value is -1.65. The lowest BCUT2D eigenvalue weighted by atomic mass is 10.2. The van der Waals surface area contributed by atoms with E-state index >= 15 is 0 Å². The lowest BCUT2D eigenvalue weighted by molar-refractivity contribution is 0.0975. The van der Waals surface area contributed by atoms with Gasteiger partial charge in [-0.15, -0.1) is 0 Å². The lowest BCUT2D eigenvalue weighted by Crippen LogP contribution is -2.37. The van der Waals surface area contributed by atoms with Gasteiger partial charge in [0.2, 0.25) is 0 Å². The molecule has 6 heteroatoms. The van der Waals surface area contributed by atoms with Crippen LogP contribution in [0.15, 0.2) is 36.8 Å². The molecule has 1 aromatic heterocycles. The summed E-state index contributed by atoms with van der Waals surface area (Å²) >= 11 is 11.9. The molecule has 4 nitrogen and oxygen atoms in total. The summed E-state index contributed by atoms with van der Waals surface area (Å²) in [5.74, 6) is -0.269. The quantitative estimate of drug-likeness (QED) is 0.865. The maximum absolute atomic E-state index is 12.6. The Morgan fingerprint density at radius 1 is 1.20 bits per heavy atom. The Bertz CT molecular complexity index is 614. The van der Waals surface area contributed by atoms with Crippen LogP contribution in [0.3, 0.4) is 0 Å². The van der Waals surface area contributed by atoms with E-state index < -0.39 is 0 Å². The van der Waals surface area contributed by atoms with Crippen LogP contribution in [0.2, 0.25) is 10.0 Å². The van der Waals surface area contributed by atoms with E-state index in [0.29, 0.717) is 5.02 Å². The van der Waals surface area contributed by atoms with Crippen molar-refractivity contribution >= 4 is 34.8 Å². The highest BCUT2D eigenvalue weighted by Gasteiger charge is 2.23. The molecule has 0 aliphatic carbocycles. The summed E-state index contributed by atoms with van der Waals surface area (Å²) < 4.78 is 0. The predicted octanol–water partition coefficient (Wildman–Crippen LogP) is 3.84. The fraction of sp³-hybridized carbons (Fsp3) is 0.214. The molecule has 2 rings (SSSR count). The second-order valence-corrected chi connectivity index (χ2v) is 5.31. The highest BCUT2D eigenvalue weighted by molar-refractivity contribution is 6.34. The van der Waals surface area contributed by atoms with Gasteiger partial charge in [-0.1, -0.05) is 23.2 Å². The number of carbonyl (C=O) groups excluding carboxylic acids is 1. The Labute approximate surface area is 127 Å². The molecule has 2 aromatic rings. The first-order chi connectivity index (χ1) is 9.50. The molecule has 1 aromatic carbocycles.